The zero-order valence-electron chi connectivity index (χ0n) is 22.6. The van der Waals surface area contributed by atoms with Crippen LogP contribution in [0.3, 0.4) is 0 Å². The van der Waals surface area contributed by atoms with Crippen molar-refractivity contribution in [3.8, 4) is 0 Å². The highest BCUT2D eigenvalue weighted by Gasteiger charge is 2.65. The number of fused-ring (bicyclic) bond motifs is 5. The van der Waals surface area contributed by atoms with E-state index in [-0.39, 0.29) is 40.2 Å². The lowest BCUT2D eigenvalue weighted by Gasteiger charge is -2.66. The number of carbonyl (C=O) groups is 1. The van der Waals surface area contributed by atoms with E-state index in [4.69, 9.17) is 0 Å². The van der Waals surface area contributed by atoms with Crippen molar-refractivity contribution in [1.29, 1.82) is 0 Å². The van der Waals surface area contributed by atoms with Gasteiger partial charge in [-0.1, -0.05) is 33.8 Å². The van der Waals surface area contributed by atoms with Crippen molar-refractivity contribution in [3.05, 3.63) is 30.1 Å². The molecule has 5 heteroatoms. The van der Waals surface area contributed by atoms with Gasteiger partial charge in [0.2, 0.25) is 5.91 Å². The molecule has 1 amide bonds. The predicted octanol–water partition coefficient (Wildman–Crippen LogP) is 6.56. The lowest BCUT2D eigenvalue weighted by molar-refractivity contribution is -0.210. The molecule has 3 N–H and O–H groups in total. The summed E-state index contributed by atoms with van der Waals surface area (Å²) in [5.74, 6) is 2.02. The molecular formula is C31H46FNO3. The summed E-state index contributed by atoms with van der Waals surface area (Å²) in [6.07, 6.45) is 9.09. The summed E-state index contributed by atoms with van der Waals surface area (Å²) >= 11 is 0. The number of aliphatic hydroxyl groups is 2. The molecule has 0 radical (unpaired) electrons. The summed E-state index contributed by atoms with van der Waals surface area (Å²) in [5.41, 5.74) is 0.926. The third kappa shape index (κ3) is 4.22. The molecule has 1 aromatic rings. The van der Waals surface area contributed by atoms with Gasteiger partial charge in [-0.15, -0.1) is 0 Å². The Morgan fingerprint density at radius 1 is 1.08 bits per heavy atom. The lowest BCUT2D eigenvalue weighted by Crippen LogP contribution is -2.62. The van der Waals surface area contributed by atoms with Gasteiger partial charge < -0.3 is 15.5 Å². The van der Waals surface area contributed by atoms with Gasteiger partial charge in [0.25, 0.3) is 0 Å². The van der Waals surface area contributed by atoms with Crippen molar-refractivity contribution < 1.29 is 19.4 Å². The first-order valence-corrected chi connectivity index (χ1v) is 14.4. The van der Waals surface area contributed by atoms with Crippen LogP contribution in [0.25, 0.3) is 0 Å². The van der Waals surface area contributed by atoms with Gasteiger partial charge in [-0.05, 0) is 122 Å². The topological polar surface area (TPSA) is 69.6 Å². The maximum absolute atomic E-state index is 13.5. The van der Waals surface area contributed by atoms with E-state index in [1.165, 1.54) is 37.8 Å². The quantitative estimate of drug-likeness (QED) is 0.430. The zero-order valence-corrected chi connectivity index (χ0v) is 22.6. The predicted molar refractivity (Wildman–Crippen MR) is 141 cm³/mol. The Morgan fingerprint density at radius 2 is 1.86 bits per heavy atom. The average molecular weight is 500 g/mol. The van der Waals surface area contributed by atoms with E-state index in [9.17, 15) is 19.4 Å². The molecule has 4 fully saturated rings. The van der Waals surface area contributed by atoms with E-state index >= 15 is 0 Å². The molecule has 0 saturated heterocycles. The van der Waals surface area contributed by atoms with Crippen LogP contribution in [0, 0.1) is 51.7 Å². The van der Waals surface area contributed by atoms with Gasteiger partial charge in [0, 0.05) is 12.1 Å². The van der Waals surface area contributed by atoms with Crippen molar-refractivity contribution in [1.82, 2.24) is 0 Å². The highest BCUT2D eigenvalue weighted by atomic mass is 19.1. The normalized spacial score (nSPS) is 44.8. The minimum Gasteiger partial charge on any atom is -0.393 e. The number of nitrogens with one attached hydrogen (secondary N) is 1. The van der Waals surface area contributed by atoms with Crippen LogP contribution in [0.4, 0.5) is 10.1 Å². The number of benzene rings is 1. The minimum absolute atomic E-state index is 0.0132. The number of carbonyl (C=O) groups excluding carboxylic acids is 1. The van der Waals surface area contributed by atoms with Crippen molar-refractivity contribution in [3.63, 3.8) is 0 Å². The van der Waals surface area contributed by atoms with Crippen LogP contribution in [0.2, 0.25) is 0 Å². The van der Waals surface area contributed by atoms with E-state index in [0.717, 1.165) is 32.1 Å². The highest BCUT2D eigenvalue weighted by Crippen LogP contribution is 2.71. The van der Waals surface area contributed by atoms with Gasteiger partial charge in [0.1, 0.15) is 5.82 Å². The fraction of sp³-hybridized carbons (Fsp3) is 0.774. The Bertz CT molecular complexity index is 984. The third-order valence-corrected chi connectivity index (χ3v) is 12.0. The van der Waals surface area contributed by atoms with Crippen LogP contribution in [0.5, 0.6) is 0 Å². The van der Waals surface area contributed by atoms with E-state index in [1.54, 1.807) is 12.1 Å². The van der Waals surface area contributed by atoms with E-state index in [0.29, 0.717) is 41.7 Å². The zero-order chi connectivity index (χ0) is 25.9. The molecule has 36 heavy (non-hydrogen) atoms. The second kappa shape index (κ2) is 9.38. The van der Waals surface area contributed by atoms with Crippen molar-refractivity contribution in [2.45, 2.75) is 104 Å². The van der Waals surface area contributed by atoms with Crippen LogP contribution in [0.1, 0.15) is 91.9 Å². The molecule has 200 valence electrons. The number of aliphatic hydroxyl groups excluding tert-OH is 2. The monoisotopic (exact) mass is 499 g/mol. The molecule has 4 saturated carbocycles. The summed E-state index contributed by atoms with van der Waals surface area (Å²) in [4.78, 5) is 12.6. The first-order chi connectivity index (χ1) is 17.0. The summed E-state index contributed by atoms with van der Waals surface area (Å²) in [7, 11) is 0. The maximum Gasteiger partial charge on any atom is 0.224 e. The molecule has 5 rings (SSSR count). The highest BCUT2D eigenvalue weighted by molar-refractivity contribution is 5.90. The van der Waals surface area contributed by atoms with Crippen LogP contribution in [0.15, 0.2) is 24.3 Å². The van der Waals surface area contributed by atoms with Crippen LogP contribution in [-0.2, 0) is 4.79 Å². The number of halogens is 1. The Labute approximate surface area is 216 Å². The van der Waals surface area contributed by atoms with Crippen LogP contribution < -0.4 is 5.32 Å². The number of hydrogen-bond acceptors (Lipinski definition) is 3. The molecule has 4 nitrogen and oxygen atoms in total. The van der Waals surface area contributed by atoms with Gasteiger partial charge in [0.15, 0.2) is 0 Å². The van der Waals surface area contributed by atoms with E-state index < -0.39 is 0 Å². The molecule has 1 aromatic carbocycles. The fourth-order valence-electron chi connectivity index (χ4n) is 9.97. The molecule has 4 aliphatic carbocycles. The largest absolute Gasteiger partial charge is 0.393 e. The molecule has 0 spiro atoms. The van der Waals surface area contributed by atoms with Gasteiger partial charge in [-0.25, -0.2) is 4.39 Å². The number of hydrogen-bond donors (Lipinski definition) is 3. The standard InChI is InChI=1S/C31H46FNO3/c1-19(8-11-27(36)33-21-7-5-6-20(32)16-21)23-9-10-24-28-25(13-14-30(23,24)3)31(4)15-12-22(34)17-29(31,2)18-26(28)35/h5-7,16,19,22-26,28,34-35H,8-15,17-18H2,1-4H3,(H,33,36)/t19-,22-,23-,24+,25+,26+,28+,29+,30-,31-/m1/s1. The Balaban J connectivity index is 1.26. The number of amides is 1. The summed E-state index contributed by atoms with van der Waals surface area (Å²) < 4.78 is 13.5. The Kier molecular flexibility index (Phi) is 6.81. The van der Waals surface area contributed by atoms with Crippen LogP contribution >= 0.6 is 0 Å². The minimum atomic E-state index is -0.342. The molecule has 0 bridgehead atoms. The van der Waals surface area contributed by atoms with Crippen LogP contribution in [-0.4, -0.2) is 28.3 Å². The molecule has 0 heterocycles. The summed E-state index contributed by atoms with van der Waals surface area (Å²) in [5, 5.41) is 24.9. The third-order valence-electron chi connectivity index (χ3n) is 12.0. The number of rotatable bonds is 5. The van der Waals surface area contributed by atoms with E-state index in [1.807, 2.05) is 0 Å². The average Bonchev–Trinajstić information content (AvgIpc) is 3.16. The van der Waals surface area contributed by atoms with E-state index in [2.05, 4.69) is 33.0 Å². The smallest absolute Gasteiger partial charge is 0.224 e. The van der Waals surface area contributed by atoms with Gasteiger partial charge in [0.05, 0.1) is 12.2 Å². The van der Waals surface area contributed by atoms with Gasteiger partial charge in [-0.3, -0.25) is 4.79 Å². The molecule has 0 unspecified atom stereocenters. The second-order valence-corrected chi connectivity index (χ2v) is 13.7. The van der Waals surface area contributed by atoms with Crippen molar-refractivity contribution in [2.75, 3.05) is 5.32 Å². The molecular weight excluding hydrogens is 453 g/mol. The molecule has 10 atom stereocenters. The molecule has 0 aliphatic heterocycles. The second-order valence-electron chi connectivity index (χ2n) is 13.7. The first kappa shape index (κ1) is 26.2. The first-order valence-electron chi connectivity index (χ1n) is 14.4. The SMILES string of the molecule is C[C@H](CCC(=O)Nc1cccc(F)c1)[C@H]1CC[C@H]2[C@@H]3[C@@H](O)C[C@]4(C)C[C@H](O)CC[C@]4(C)[C@H]3CC[C@]12C. The summed E-state index contributed by atoms with van der Waals surface area (Å²) in [6.45, 7) is 9.58. The van der Waals surface area contributed by atoms with Gasteiger partial charge >= 0.3 is 0 Å². The fourth-order valence-corrected chi connectivity index (χ4v) is 9.97. The number of anilines is 1. The lowest BCUT2D eigenvalue weighted by atomic mass is 9.39. The molecule has 0 aromatic heterocycles. The molecule has 4 aliphatic rings. The summed E-state index contributed by atoms with van der Waals surface area (Å²) in [6, 6.07) is 6.07. The van der Waals surface area contributed by atoms with Crippen molar-refractivity contribution in [2.24, 2.45) is 45.8 Å². The maximum atomic E-state index is 13.5. The van der Waals surface area contributed by atoms with Crippen molar-refractivity contribution >= 4 is 11.6 Å². The Morgan fingerprint density at radius 3 is 2.61 bits per heavy atom. The van der Waals surface area contributed by atoms with Gasteiger partial charge in [-0.2, -0.15) is 0 Å². The Hall–Kier alpha value is -1.46.